The van der Waals surface area contributed by atoms with Crippen molar-refractivity contribution in [1.29, 1.82) is 0 Å². The highest BCUT2D eigenvalue weighted by atomic mass is 19.1. The van der Waals surface area contributed by atoms with E-state index in [-0.39, 0.29) is 30.7 Å². The van der Waals surface area contributed by atoms with Gasteiger partial charge in [-0.25, -0.2) is 4.39 Å². The molecule has 2 atom stereocenters. The maximum atomic E-state index is 13.0. The first-order valence-corrected chi connectivity index (χ1v) is 7.85. The van der Waals surface area contributed by atoms with Crippen molar-refractivity contribution in [2.24, 2.45) is 5.92 Å². The van der Waals surface area contributed by atoms with Gasteiger partial charge in [0, 0.05) is 19.0 Å². The van der Waals surface area contributed by atoms with Crippen molar-refractivity contribution in [3.8, 4) is 0 Å². The third-order valence-electron chi connectivity index (χ3n) is 4.12. The number of carbonyl (C=O) groups is 3. The molecule has 0 aromatic heterocycles. The van der Waals surface area contributed by atoms with Crippen LogP contribution in [0.15, 0.2) is 24.3 Å². The Labute approximate surface area is 139 Å². The summed E-state index contributed by atoms with van der Waals surface area (Å²) in [5.74, 6) is -2.45. The van der Waals surface area contributed by atoms with E-state index >= 15 is 0 Å². The summed E-state index contributed by atoms with van der Waals surface area (Å²) in [4.78, 5) is 37.0. The quantitative estimate of drug-likeness (QED) is 0.828. The van der Waals surface area contributed by atoms with Gasteiger partial charge in [0.15, 0.2) is 0 Å². The Morgan fingerprint density at radius 1 is 1.33 bits per heavy atom. The number of benzene rings is 1. The number of amides is 2. The van der Waals surface area contributed by atoms with Crippen LogP contribution in [0.5, 0.6) is 0 Å². The normalized spacial score (nSPS) is 18.8. The van der Waals surface area contributed by atoms with Crippen LogP contribution in [-0.2, 0) is 14.4 Å². The second-order valence-corrected chi connectivity index (χ2v) is 6.25. The fraction of sp³-hybridized carbons (Fsp3) is 0.471. The van der Waals surface area contributed by atoms with Crippen molar-refractivity contribution in [2.75, 3.05) is 6.54 Å². The molecule has 2 amide bonds. The van der Waals surface area contributed by atoms with Gasteiger partial charge >= 0.3 is 5.97 Å². The summed E-state index contributed by atoms with van der Waals surface area (Å²) in [5, 5.41) is 11.7. The smallest absolute Gasteiger partial charge is 0.305 e. The SMILES string of the molecule is CC(C)N1C[C@H](C(=O)N[C@@H](CC(=O)O)c2ccc(F)cc2)CC1=O. The Hall–Kier alpha value is -2.44. The second kappa shape index (κ2) is 7.42. The summed E-state index contributed by atoms with van der Waals surface area (Å²) in [5.41, 5.74) is 0.511. The molecule has 1 fully saturated rings. The lowest BCUT2D eigenvalue weighted by molar-refractivity contribution is -0.138. The van der Waals surface area contributed by atoms with Gasteiger partial charge in [0.25, 0.3) is 0 Å². The average molecular weight is 336 g/mol. The molecule has 7 heteroatoms. The number of nitrogens with zero attached hydrogens (tertiary/aromatic N) is 1. The van der Waals surface area contributed by atoms with E-state index in [1.165, 1.54) is 24.3 Å². The highest BCUT2D eigenvalue weighted by Crippen LogP contribution is 2.23. The molecule has 1 saturated heterocycles. The molecular weight excluding hydrogens is 315 g/mol. The number of nitrogens with one attached hydrogen (secondary N) is 1. The van der Waals surface area contributed by atoms with E-state index < -0.39 is 23.7 Å². The van der Waals surface area contributed by atoms with Gasteiger partial charge in [0.1, 0.15) is 5.82 Å². The predicted molar refractivity (Wildman–Crippen MR) is 84.5 cm³/mol. The fourth-order valence-electron chi connectivity index (χ4n) is 2.82. The molecule has 1 aliphatic heterocycles. The van der Waals surface area contributed by atoms with Crippen LogP contribution < -0.4 is 5.32 Å². The molecule has 2 rings (SSSR count). The number of aliphatic carboxylic acids is 1. The minimum Gasteiger partial charge on any atom is -0.481 e. The van der Waals surface area contributed by atoms with Crippen LogP contribution in [0.25, 0.3) is 0 Å². The highest BCUT2D eigenvalue weighted by Gasteiger charge is 2.36. The largest absolute Gasteiger partial charge is 0.481 e. The average Bonchev–Trinajstić information content (AvgIpc) is 2.89. The monoisotopic (exact) mass is 336 g/mol. The summed E-state index contributed by atoms with van der Waals surface area (Å²) in [7, 11) is 0. The summed E-state index contributed by atoms with van der Waals surface area (Å²) in [6.07, 6.45) is -0.195. The summed E-state index contributed by atoms with van der Waals surface area (Å²) < 4.78 is 13.0. The number of likely N-dealkylation sites (tertiary alicyclic amines) is 1. The Bertz CT molecular complexity index is 630. The molecule has 1 aromatic carbocycles. The van der Waals surface area contributed by atoms with Gasteiger partial charge in [-0.05, 0) is 31.5 Å². The van der Waals surface area contributed by atoms with Crippen molar-refractivity contribution in [3.05, 3.63) is 35.6 Å². The molecule has 0 saturated carbocycles. The Balaban J connectivity index is 2.09. The summed E-state index contributed by atoms with van der Waals surface area (Å²) in [6.45, 7) is 4.08. The molecule has 0 bridgehead atoms. The van der Waals surface area contributed by atoms with Gasteiger partial charge in [0.2, 0.25) is 11.8 Å². The second-order valence-electron chi connectivity index (χ2n) is 6.25. The maximum absolute atomic E-state index is 13.0. The molecular formula is C17H21FN2O4. The molecule has 0 spiro atoms. The van der Waals surface area contributed by atoms with E-state index in [2.05, 4.69) is 5.32 Å². The predicted octanol–water partition coefficient (Wildman–Crippen LogP) is 1.71. The Kier molecular flexibility index (Phi) is 5.54. The van der Waals surface area contributed by atoms with Crippen molar-refractivity contribution < 1.29 is 23.9 Å². The summed E-state index contributed by atoms with van der Waals surface area (Å²) >= 11 is 0. The minimum atomic E-state index is -1.07. The van der Waals surface area contributed by atoms with E-state index in [0.29, 0.717) is 12.1 Å². The van der Waals surface area contributed by atoms with Crippen molar-refractivity contribution >= 4 is 17.8 Å². The van der Waals surface area contributed by atoms with E-state index in [4.69, 9.17) is 5.11 Å². The number of carboxylic acid groups (broad SMARTS) is 1. The molecule has 0 radical (unpaired) electrons. The minimum absolute atomic E-state index is 0.0159. The number of carboxylic acids is 1. The number of hydrogen-bond acceptors (Lipinski definition) is 3. The molecule has 1 aromatic rings. The zero-order chi connectivity index (χ0) is 17.9. The molecule has 1 heterocycles. The van der Waals surface area contributed by atoms with Crippen LogP contribution in [0.1, 0.15) is 38.3 Å². The first kappa shape index (κ1) is 17.9. The lowest BCUT2D eigenvalue weighted by atomic mass is 10.0. The topological polar surface area (TPSA) is 86.7 Å². The maximum Gasteiger partial charge on any atom is 0.305 e. The van der Waals surface area contributed by atoms with Crippen LogP contribution in [0.3, 0.4) is 0 Å². The Morgan fingerprint density at radius 2 is 1.96 bits per heavy atom. The van der Waals surface area contributed by atoms with Gasteiger partial charge < -0.3 is 15.3 Å². The molecule has 6 nitrogen and oxygen atoms in total. The standard InChI is InChI=1S/C17H21FN2O4/c1-10(2)20-9-12(7-15(20)21)17(24)19-14(8-16(22)23)11-3-5-13(18)6-4-11/h3-6,10,12,14H,7-9H2,1-2H3,(H,19,24)(H,22,23)/t12-,14+/m1/s1. The first-order chi connectivity index (χ1) is 11.3. The fourth-order valence-corrected chi connectivity index (χ4v) is 2.82. The molecule has 0 aliphatic carbocycles. The van der Waals surface area contributed by atoms with E-state index in [1.807, 2.05) is 13.8 Å². The number of carbonyl (C=O) groups excluding carboxylic acids is 2. The van der Waals surface area contributed by atoms with Gasteiger partial charge in [-0.3, -0.25) is 14.4 Å². The first-order valence-electron chi connectivity index (χ1n) is 7.85. The van der Waals surface area contributed by atoms with E-state index in [9.17, 15) is 18.8 Å². The van der Waals surface area contributed by atoms with Crippen molar-refractivity contribution in [1.82, 2.24) is 10.2 Å². The van der Waals surface area contributed by atoms with Crippen molar-refractivity contribution in [3.63, 3.8) is 0 Å². The number of hydrogen-bond donors (Lipinski definition) is 2. The zero-order valence-corrected chi connectivity index (χ0v) is 13.7. The third kappa shape index (κ3) is 4.31. The van der Waals surface area contributed by atoms with Crippen LogP contribution in [0.4, 0.5) is 4.39 Å². The molecule has 1 aliphatic rings. The van der Waals surface area contributed by atoms with Crippen molar-refractivity contribution in [2.45, 2.75) is 38.8 Å². The van der Waals surface area contributed by atoms with Crippen LogP contribution in [0.2, 0.25) is 0 Å². The molecule has 2 N–H and O–H groups in total. The Morgan fingerprint density at radius 3 is 2.46 bits per heavy atom. The van der Waals surface area contributed by atoms with E-state index in [1.54, 1.807) is 4.90 Å². The van der Waals surface area contributed by atoms with E-state index in [0.717, 1.165) is 0 Å². The number of halogens is 1. The summed E-state index contributed by atoms with van der Waals surface area (Å²) in [6, 6.07) is 4.58. The van der Waals surface area contributed by atoms with Gasteiger partial charge in [-0.15, -0.1) is 0 Å². The van der Waals surface area contributed by atoms with Gasteiger partial charge in [-0.2, -0.15) is 0 Å². The van der Waals surface area contributed by atoms with Gasteiger partial charge in [-0.1, -0.05) is 12.1 Å². The molecule has 130 valence electrons. The lowest BCUT2D eigenvalue weighted by Crippen LogP contribution is -2.37. The lowest BCUT2D eigenvalue weighted by Gasteiger charge is -2.22. The highest BCUT2D eigenvalue weighted by molar-refractivity contribution is 5.89. The van der Waals surface area contributed by atoms with Crippen LogP contribution in [-0.4, -0.2) is 40.4 Å². The molecule has 24 heavy (non-hydrogen) atoms. The molecule has 0 unspecified atom stereocenters. The zero-order valence-electron chi connectivity index (χ0n) is 13.7. The van der Waals surface area contributed by atoms with Gasteiger partial charge in [0.05, 0.1) is 18.4 Å². The third-order valence-corrected chi connectivity index (χ3v) is 4.12. The number of rotatable bonds is 6. The van der Waals surface area contributed by atoms with Crippen LogP contribution in [0, 0.1) is 11.7 Å². The van der Waals surface area contributed by atoms with Crippen LogP contribution >= 0.6 is 0 Å².